The number of benzene rings is 6. The number of fused-ring (bicyclic) bond motifs is 8. The van der Waals surface area contributed by atoms with Gasteiger partial charge in [0, 0.05) is 27.1 Å². The van der Waals surface area contributed by atoms with Crippen LogP contribution in [0.3, 0.4) is 0 Å². The normalized spacial score (nSPS) is 11.8. The maximum absolute atomic E-state index is 6.48. The second-order valence-corrected chi connectivity index (χ2v) is 10.6. The molecular formula is C38H23N3O. The summed E-state index contributed by atoms with van der Waals surface area (Å²) in [5.41, 5.74) is 9.07. The quantitative estimate of drug-likeness (QED) is 0.225. The molecule has 0 aliphatic rings. The summed E-state index contributed by atoms with van der Waals surface area (Å²) in [5.74, 6) is 0.637. The fraction of sp³-hybridized carbons (Fsp3) is 0. The lowest BCUT2D eigenvalue weighted by Crippen LogP contribution is -2.03. The molecule has 3 aromatic heterocycles. The average Bonchev–Trinajstić information content (AvgIpc) is 3.60. The molecule has 0 N–H and O–H groups in total. The molecule has 0 bridgehead atoms. The van der Waals surface area contributed by atoms with E-state index in [1.54, 1.807) is 0 Å². The maximum Gasteiger partial charge on any atom is 0.235 e. The number of rotatable bonds is 3. The van der Waals surface area contributed by atoms with Crippen LogP contribution in [0.5, 0.6) is 0 Å². The molecule has 9 rings (SSSR count). The van der Waals surface area contributed by atoms with Crippen LogP contribution < -0.4 is 0 Å². The van der Waals surface area contributed by atoms with Gasteiger partial charge in [0.15, 0.2) is 0 Å². The summed E-state index contributed by atoms with van der Waals surface area (Å²) in [6.45, 7) is 0. The Morgan fingerprint density at radius 3 is 1.98 bits per heavy atom. The van der Waals surface area contributed by atoms with Gasteiger partial charge in [-0.25, -0.2) is 9.97 Å². The smallest absolute Gasteiger partial charge is 0.235 e. The fourth-order valence-electron chi connectivity index (χ4n) is 6.29. The molecule has 3 heterocycles. The lowest BCUT2D eigenvalue weighted by molar-refractivity contribution is 0.673. The molecular weight excluding hydrogens is 514 g/mol. The van der Waals surface area contributed by atoms with Gasteiger partial charge in [-0.3, -0.25) is 4.57 Å². The van der Waals surface area contributed by atoms with Crippen LogP contribution in [-0.4, -0.2) is 14.5 Å². The highest BCUT2D eigenvalue weighted by Gasteiger charge is 2.21. The van der Waals surface area contributed by atoms with E-state index in [0.717, 1.165) is 65.9 Å². The lowest BCUT2D eigenvalue weighted by atomic mass is 10.0. The summed E-state index contributed by atoms with van der Waals surface area (Å²) in [6, 6.07) is 48.3. The first-order valence-corrected chi connectivity index (χ1v) is 14.1. The van der Waals surface area contributed by atoms with Crippen molar-refractivity contribution in [1.29, 1.82) is 0 Å². The Morgan fingerprint density at radius 2 is 1.12 bits per heavy atom. The number of nitrogens with zero attached hydrogens (tertiary/aromatic N) is 3. The van der Waals surface area contributed by atoms with E-state index in [9.17, 15) is 0 Å². The van der Waals surface area contributed by atoms with Gasteiger partial charge in [0.1, 0.15) is 11.2 Å². The highest BCUT2D eigenvalue weighted by Crippen LogP contribution is 2.40. The Hall–Kier alpha value is -5.74. The Labute approximate surface area is 241 Å². The first-order chi connectivity index (χ1) is 20.8. The van der Waals surface area contributed by atoms with Crippen molar-refractivity contribution in [2.45, 2.75) is 0 Å². The van der Waals surface area contributed by atoms with Gasteiger partial charge in [-0.05, 0) is 41.5 Å². The summed E-state index contributed by atoms with van der Waals surface area (Å²) in [5, 5.41) is 5.44. The van der Waals surface area contributed by atoms with Crippen molar-refractivity contribution in [3.8, 4) is 28.3 Å². The number of furan rings is 1. The molecule has 0 fully saturated rings. The minimum atomic E-state index is 0.637. The molecule has 0 atom stereocenters. The van der Waals surface area contributed by atoms with E-state index in [2.05, 4.69) is 114 Å². The van der Waals surface area contributed by atoms with Crippen LogP contribution in [-0.2, 0) is 0 Å². The molecule has 0 amide bonds. The van der Waals surface area contributed by atoms with E-state index in [4.69, 9.17) is 14.4 Å². The third-order valence-electron chi connectivity index (χ3n) is 8.24. The SMILES string of the molecule is c1ccc(-c2ccc(-c3nc(-n4c5ccccc5c5c6oc7ccccc7c6ccc54)nc4ccccc34)cc2)cc1. The molecule has 0 saturated heterocycles. The van der Waals surface area contributed by atoms with Gasteiger partial charge in [-0.2, -0.15) is 0 Å². The summed E-state index contributed by atoms with van der Waals surface area (Å²) < 4.78 is 8.65. The molecule has 0 unspecified atom stereocenters. The second-order valence-electron chi connectivity index (χ2n) is 10.6. The predicted molar refractivity (Wildman–Crippen MR) is 172 cm³/mol. The van der Waals surface area contributed by atoms with Crippen LogP contribution >= 0.6 is 0 Å². The van der Waals surface area contributed by atoms with Crippen LogP contribution in [0.25, 0.3) is 83.0 Å². The van der Waals surface area contributed by atoms with Crippen molar-refractivity contribution in [1.82, 2.24) is 14.5 Å². The summed E-state index contributed by atoms with van der Waals surface area (Å²) in [6.07, 6.45) is 0. The zero-order valence-corrected chi connectivity index (χ0v) is 22.5. The first kappa shape index (κ1) is 23.0. The molecule has 0 aliphatic heterocycles. The van der Waals surface area contributed by atoms with E-state index in [1.165, 1.54) is 11.1 Å². The molecule has 0 spiro atoms. The van der Waals surface area contributed by atoms with Crippen molar-refractivity contribution in [3.05, 3.63) is 140 Å². The minimum Gasteiger partial charge on any atom is -0.455 e. The van der Waals surface area contributed by atoms with Gasteiger partial charge in [0.05, 0.1) is 27.6 Å². The van der Waals surface area contributed by atoms with Crippen molar-refractivity contribution in [2.75, 3.05) is 0 Å². The number of hydrogen-bond donors (Lipinski definition) is 0. The molecule has 0 radical (unpaired) electrons. The van der Waals surface area contributed by atoms with Crippen LogP contribution in [0.2, 0.25) is 0 Å². The summed E-state index contributed by atoms with van der Waals surface area (Å²) in [7, 11) is 0. The fourth-order valence-corrected chi connectivity index (χ4v) is 6.29. The zero-order valence-electron chi connectivity index (χ0n) is 22.5. The van der Waals surface area contributed by atoms with Crippen molar-refractivity contribution < 1.29 is 4.42 Å². The van der Waals surface area contributed by atoms with Gasteiger partial charge in [0.25, 0.3) is 0 Å². The number of hydrogen-bond acceptors (Lipinski definition) is 3. The standard InChI is InChI=1S/C38H23N3O/c1-2-10-24(11-3-1)25-18-20-26(21-19-25)36-29-13-4-7-15-31(29)39-38(40-36)41-32-16-8-5-14-30(32)35-33(41)23-22-28-27-12-6-9-17-34(27)42-37(28)35/h1-23H. The number of para-hydroxylation sites is 3. The molecule has 9 aromatic rings. The van der Waals surface area contributed by atoms with Crippen LogP contribution in [0.15, 0.2) is 144 Å². The zero-order chi connectivity index (χ0) is 27.6. The molecule has 42 heavy (non-hydrogen) atoms. The van der Waals surface area contributed by atoms with Gasteiger partial charge in [0.2, 0.25) is 5.95 Å². The maximum atomic E-state index is 6.48. The summed E-state index contributed by atoms with van der Waals surface area (Å²) >= 11 is 0. The van der Waals surface area contributed by atoms with E-state index < -0.39 is 0 Å². The monoisotopic (exact) mass is 537 g/mol. The summed E-state index contributed by atoms with van der Waals surface area (Å²) in [4.78, 5) is 10.4. The van der Waals surface area contributed by atoms with E-state index >= 15 is 0 Å². The highest BCUT2D eigenvalue weighted by atomic mass is 16.3. The van der Waals surface area contributed by atoms with Gasteiger partial charge >= 0.3 is 0 Å². The predicted octanol–water partition coefficient (Wildman–Crippen LogP) is 9.96. The van der Waals surface area contributed by atoms with Crippen LogP contribution in [0.1, 0.15) is 0 Å². The van der Waals surface area contributed by atoms with Crippen molar-refractivity contribution in [3.63, 3.8) is 0 Å². The molecule has 4 heteroatoms. The minimum absolute atomic E-state index is 0.637. The van der Waals surface area contributed by atoms with E-state index in [0.29, 0.717) is 5.95 Å². The van der Waals surface area contributed by atoms with E-state index in [-0.39, 0.29) is 0 Å². The lowest BCUT2D eigenvalue weighted by Gasteiger charge is -2.12. The van der Waals surface area contributed by atoms with Crippen molar-refractivity contribution in [2.24, 2.45) is 0 Å². The number of aromatic nitrogens is 3. The first-order valence-electron chi connectivity index (χ1n) is 14.1. The average molecular weight is 538 g/mol. The molecule has 196 valence electrons. The molecule has 6 aromatic carbocycles. The highest BCUT2D eigenvalue weighted by molar-refractivity contribution is 6.23. The Balaban J connectivity index is 1.32. The largest absolute Gasteiger partial charge is 0.455 e. The molecule has 4 nitrogen and oxygen atoms in total. The van der Waals surface area contributed by atoms with E-state index in [1.807, 2.05) is 30.3 Å². The Bertz CT molecular complexity index is 2450. The van der Waals surface area contributed by atoms with Crippen LogP contribution in [0.4, 0.5) is 0 Å². The Kier molecular flexibility index (Phi) is 4.87. The third kappa shape index (κ3) is 3.36. The second kappa shape index (κ2) is 8.88. The molecule has 0 saturated carbocycles. The molecule has 0 aliphatic carbocycles. The van der Waals surface area contributed by atoms with Crippen LogP contribution in [0, 0.1) is 0 Å². The van der Waals surface area contributed by atoms with Gasteiger partial charge < -0.3 is 4.42 Å². The topological polar surface area (TPSA) is 43.9 Å². The van der Waals surface area contributed by atoms with Gasteiger partial charge in [-0.15, -0.1) is 0 Å². The van der Waals surface area contributed by atoms with Gasteiger partial charge in [-0.1, -0.05) is 109 Å². The van der Waals surface area contributed by atoms with Crippen molar-refractivity contribution >= 4 is 54.6 Å². The Morgan fingerprint density at radius 1 is 0.452 bits per heavy atom. The third-order valence-corrected chi connectivity index (χ3v) is 8.24.